The van der Waals surface area contributed by atoms with Gasteiger partial charge in [0.15, 0.2) is 0 Å². The van der Waals surface area contributed by atoms with Crippen LogP contribution in [0, 0.1) is 0 Å². The van der Waals surface area contributed by atoms with Crippen LogP contribution in [-0.4, -0.2) is 48.1 Å². The van der Waals surface area contributed by atoms with Gasteiger partial charge in [-0.3, -0.25) is 0 Å². The Hall–Kier alpha value is -0.910. The lowest BCUT2D eigenvalue weighted by Gasteiger charge is -2.36. The van der Waals surface area contributed by atoms with E-state index in [-0.39, 0.29) is 0 Å². The second-order valence-electron chi connectivity index (χ2n) is 5.78. The third-order valence-electron chi connectivity index (χ3n) is 4.24. The molecule has 0 unspecified atom stereocenters. The molecule has 4 nitrogen and oxygen atoms in total. The smallest absolute Gasteiger partial charge is 0.225 e. The number of piperidine rings is 1. The predicted octanol–water partition coefficient (Wildman–Crippen LogP) is 3.44. The molecule has 1 fully saturated rings. The molecule has 0 spiro atoms. The zero-order valence-electron chi connectivity index (χ0n) is 12.8. The molecule has 3 heterocycles. The first-order valence-electron chi connectivity index (χ1n) is 7.45. The van der Waals surface area contributed by atoms with Gasteiger partial charge in [-0.2, -0.15) is 4.98 Å². The van der Waals surface area contributed by atoms with Crippen LogP contribution in [0.5, 0.6) is 0 Å². The number of aryl methyl sites for hydroxylation is 1. The summed E-state index contributed by atoms with van der Waals surface area (Å²) in [6.07, 6.45) is 3.36. The van der Waals surface area contributed by atoms with E-state index in [1.807, 2.05) is 0 Å². The van der Waals surface area contributed by atoms with Crippen molar-refractivity contribution in [2.45, 2.75) is 32.2 Å². The quantitative estimate of drug-likeness (QED) is 0.810. The second kappa shape index (κ2) is 6.07. The van der Waals surface area contributed by atoms with E-state index in [9.17, 15) is 0 Å². The van der Waals surface area contributed by atoms with E-state index in [1.165, 1.54) is 17.7 Å². The molecule has 114 valence electrons. The third kappa shape index (κ3) is 3.00. The molecule has 0 aromatic carbocycles. The predicted molar refractivity (Wildman–Crippen MR) is 90.7 cm³/mol. The zero-order chi connectivity index (χ0) is 15.0. The first kappa shape index (κ1) is 15.0. The van der Waals surface area contributed by atoms with E-state index in [2.05, 4.69) is 46.9 Å². The monoisotopic (exact) mass is 324 g/mol. The molecule has 0 atom stereocenters. The molecule has 3 rings (SSSR count). The lowest BCUT2D eigenvalue weighted by atomic mass is 10.0. The maximum atomic E-state index is 6.12. The van der Waals surface area contributed by atoms with E-state index in [4.69, 9.17) is 11.6 Å². The van der Waals surface area contributed by atoms with Gasteiger partial charge in [0.1, 0.15) is 10.6 Å². The van der Waals surface area contributed by atoms with Gasteiger partial charge in [-0.1, -0.05) is 6.92 Å². The molecule has 6 heteroatoms. The number of anilines is 1. The molecule has 0 aliphatic carbocycles. The molecular weight excluding hydrogens is 304 g/mol. The van der Waals surface area contributed by atoms with Gasteiger partial charge in [0.05, 0.1) is 5.39 Å². The van der Waals surface area contributed by atoms with Gasteiger partial charge in [0, 0.05) is 24.0 Å². The number of hydrogen-bond acceptors (Lipinski definition) is 5. The molecule has 1 saturated heterocycles. The van der Waals surface area contributed by atoms with E-state index < -0.39 is 0 Å². The van der Waals surface area contributed by atoms with Gasteiger partial charge >= 0.3 is 0 Å². The minimum atomic E-state index is 0.358. The van der Waals surface area contributed by atoms with Crippen LogP contribution in [0.2, 0.25) is 5.28 Å². The Balaban J connectivity index is 1.91. The topological polar surface area (TPSA) is 32.3 Å². The van der Waals surface area contributed by atoms with Crippen LogP contribution in [0.25, 0.3) is 10.2 Å². The van der Waals surface area contributed by atoms with Gasteiger partial charge in [-0.05, 0) is 51.0 Å². The molecule has 1 aliphatic rings. The van der Waals surface area contributed by atoms with Crippen LogP contribution in [0.15, 0.2) is 6.07 Å². The first-order chi connectivity index (χ1) is 10.1. The summed E-state index contributed by atoms with van der Waals surface area (Å²) in [6.45, 7) is 4.23. The summed E-state index contributed by atoms with van der Waals surface area (Å²) in [5, 5.41) is 1.52. The van der Waals surface area contributed by atoms with Crippen LogP contribution < -0.4 is 4.90 Å². The fourth-order valence-corrected chi connectivity index (χ4v) is 4.12. The summed E-state index contributed by atoms with van der Waals surface area (Å²) >= 11 is 7.85. The lowest BCUT2D eigenvalue weighted by Crippen LogP contribution is -2.42. The van der Waals surface area contributed by atoms with Gasteiger partial charge in [-0.25, -0.2) is 4.98 Å². The first-order valence-corrected chi connectivity index (χ1v) is 8.65. The molecule has 21 heavy (non-hydrogen) atoms. The van der Waals surface area contributed by atoms with Gasteiger partial charge < -0.3 is 9.80 Å². The van der Waals surface area contributed by atoms with E-state index in [1.54, 1.807) is 11.3 Å². The highest BCUT2D eigenvalue weighted by Crippen LogP contribution is 2.33. The lowest BCUT2D eigenvalue weighted by molar-refractivity contribution is 0.249. The van der Waals surface area contributed by atoms with Crippen molar-refractivity contribution in [3.8, 4) is 0 Å². The average Bonchev–Trinajstić information content (AvgIpc) is 2.89. The van der Waals surface area contributed by atoms with Crippen LogP contribution >= 0.6 is 22.9 Å². The summed E-state index contributed by atoms with van der Waals surface area (Å²) in [7, 11) is 4.32. The molecule has 0 bridgehead atoms. The van der Waals surface area contributed by atoms with Crippen LogP contribution in [0.1, 0.15) is 24.6 Å². The molecule has 0 saturated carbocycles. The minimum Gasteiger partial charge on any atom is -0.356 e. The van der Waals surface area contributed by atoms with E-state index >= 15 is 0 Å². The summed E-state index contributed by atoms with van der Waals surface area (Å²) < 4.78 is 0. The second-order valence-corrected chi connectivity index (χ2v) is 7.24. The van der Waals surface area contributed by atoms with Gasteiger partial charge in [-0.15, -0.1) is 11.3 Å². The van der Waals surface area contributed by atoms with Crippen molar-refractivity contribution >= 4 is 39.0 Å². The number of hydrogen-bond donors (Lipinski definition) is 0. The standard InChI is InChI=1S/C15H21ClN4S/c1-4-11-9-12-13(17-15(16)18-14(12)21-11)20-7-5-10(6-8-20)19(2)3/h9-10H,4-8H2,1-3H3. The van der Waals surface area contributed by atoms with Crippen molar-refractivity contribution < 1.29 is 0 Å². The van der Waals surface area contributed by atoms with Crippen LogP contribution in [0.3, 0.4) is 0 Å². The highest BCUT2D eigenvalue weighted by Gasteiger charge is 2.24. The summed E-state index contributed by atoms with van der Waals surface area (Å²) in [5.41, 5.74) is 0. The van der Waals surface area contributed by atoms with Crippen molar-refractivity contribution in [1.82, 2.24) is 14.9 Å². The number of rotatable bonds is 3. The summed E-state index contributed by atoms with van der Waals surface area (Å²) in [5.74, 6) is 1.01. The van der Waals surface area contributed by atoms with Crippen molar-refractivity contribution in [3.63, 3.8) is 0 Å². The van der Waals surface area contributed by atoms with Crippen molar-refractivity contribution in [2.24, 2.45) is 0 Å². The van der Waals surface area contributed by atoms with Crippen molar-refractivity contribution in [2.75, 3.05) is 32.1 Å². The fourth-order valence-electron chi connectivity index (χ4n) is 2.94. The minimum absolute atomic E-state index is 0.358. The van der Waals surface area contributed by atoms with E-state index in [0.717, 1.165) is 35.5 Å². The van der Waals surface area contributed by atoms with E-state index in [0.29, 0.717) is 11.3 Å². The molecule has 0 amide bonds. The maximum absolute atomic E-state index is 6.12. The number of nitrogens with zero attached hydrogens (tertiary/aromatic N) is 4. The Labute approximate surface area is 134 Å². The number of fused-ring (bicyclic) bond motifs is 1. The highest BCUT2D eigenvalue weighted by molar-refractivity contribution is 7.18. The SMILES string of the molecule is CCc1cc2c(N3CCC(N(C)C)CC3)nc(Cl)nc2s1. The van der Waals surface area contributed by atoms with Crippen LogP contribution in [0.4, 0.5) is 5.82 Å². The molecule has 0 radical (unpaired) electrons. The van der Waals surface area contributed by atoms with Crippen molar-refractivity contribution in [1.29, 1.82) is 0 Å². The average molecular weight is 325 g/mol. The zero-order valence-corrected chi connectivity index (χ0v) is 14.3. The molecule has 1 aliphatic heterocycles. The normalized spacial score (nSPS) is 17.1. The summed E-state index contributed by atoms with van der Waals surface area (Å²) in [6, 6.07) is 2.90. The molecule has 2 aromatic rings. The maximum Gasteiger partial charge on any atom is 0.225 e. The molecular formula is C15H21ClN4S. The highest BCUT2D eigenvalue weighted by atomic mass is 35.5. The Kier molecular flexibility index (Phi) is 4.33. The molecule has 2 aromatic heterocycles. The third-order valence-corrected chi connectivity index (χ3v) is 5.58. The number of thiophene rings is 1. The Morgan fingerprint density at radius 3 is 2.67 bits per heavy atom. The van der Waals surface area contributed by atoms with Crippen LogP contribution in [-0.2, 0) is 6.42 Å². The fraction of sp³-hybridized carbons (Fsp3) is 0.600. The molecule has 0 N–H and O–H groups in total. The van der Waals surface area contributed by atoms with Gasteiger partial charge in [0.25, 0.3) is 0 Å². The largest absolute Gasteiger partial charge is 0.356 e. The Morgan fingerprint density at radius 1 is 1.33 bits per heavy atom. The van der Waals surface area contributed by atoms with Gasteiger partial charge in [0.2, 0.25) is 5.28 Å². The summed E-state index contributed by atoms with van der Waals surface area (Å²) in [4.78, 5) is 15.9. The number of halogens is 1. The Morgan fingerprint density at radius 2 is 2.05 bits per heavy atom. The Bertz CT molecular complexity index is 632. The van der Waals surface area contributed by atoms with Crippen molar-refractivity contribution in [3.05, 3.63) is 16.2 Å². The number of aromatic nitrogens is 2.